The lowest BCUT2D eigenvalue weighted by molar-refractivity contribution is 0.393. The first-order chi connectivity index (χ1) is 8.43. The summed E-state index contributed by atoms with van der Waals surface area (Å²) in [5.74, 6) is 1.49. The molecule has 0 aliphatic carbocycles. The van der Waals surface area contributed by atoms with Gasteiger partial charge in [0.05, 0.1) is 31.4 Å². The topological polar surface area (TPSA) is 45.5 Å². The smallest absolute Gasteiger partial charge is 0.145 e. The molecule has 0 N–H and O–H groups in total. The van der Waals surface area contributed by atoms with E-state index in [2.05, 4.69) is 6.07 Å². The minimum absolute atomic E-state index is 0.403. The second kappa shape index (κ2) is 5.63. The Labute approximate surface area is 109 Å². The van der Waals surface area contributed by atoms with Crippen molar-refractivity contribution in [2.24, 2.45) is 5.41 Å². The van der Waals surface area contributed by atoms with Gasteiger partial charge in [0, 0.05) is 19.7 Å². The van der Waals surface area contributed by atoms with Gasteiger partial charge in [-0.25, -0.2) is 0 Å². The van der Waals surface area contributed by atoms with E-state index in [1.165, 1.54) is 0 Å². The van der Waals surface area contributed by atoms with Gasteiger partial charge in [0.2, 0.25) is 0 Å². The van der Waals surface area contributed by atoms with E-state index in [1.807, 2.05) is 44.0 Å². The predicted octanol–water partition coefficient (Wildman–Crippen LogP) is 2.69. The number of nitriles is 1. The van der Waals surface area contributed by atoms with Crippen molar-refractivity contribution in [3.05, 3.63) is 18.2 Å². The van der Waals surface area contributed by atoms with Crippen molar-refractivity contribution in [3.63, 3.8) is 0 Å². The number of benzene rings is 1. The number of methoxy groups -OCH3 is 2. The first-order valence-electron chi connectivity index (χ1n) is 5.78. The lowest BCUT2D eigenvalue weighted by Crippen LogP contribution is -2.30. The molecule has 0 unspecified atom stereocenters. The van der Waals surface area contributed by atoms with E-state index in [1.54, 1.807) is 14.2 Å². The van der Waals surface area contributed by atoms with Crippen molar-refractivity contribution in [1.29, 1.82) is 5.26 Å². The van der Waals surface area contributed by atoms with Crippen LogP contribution < -0.4 is 14.4 Å². The quantitative estimate of drug-likeness (QED) is 0.803. The molecule has 0 aliphatic heterocycles. The van der Waals surface area contributed by atoms with Crippen LogP contribution >= 0.6 is 0 Å². The highest BCUT2D eigenvalue weighted by Crippen LogP contribution is 2.32. The molecule has 0 aliphatic rings. The molecule has 1 aromatic carbocycles. The average Bonchev–Trinajstić information content (AvgIpc) is 2.37. The Hall–Kier alpha value is -1.89. The standard InChI is InChI=1S/C14H20N2O2/c1-14(2,9-15)10-16(3)12-7-6-11(17-4)8-13(12)18-5/h6-8H,10H2,1-5H3. The van der Waals surface area contributed by atoms with E-state index >= 15 is 0 Å². The zero-order valence-corrected chi connectivity index (χ0v) is 11.7. The Morgan fingerprint density at radius 2 is 1.94 bits per heavy atom. The first kappa shape index (κ1) is 14.2. The van der Waals surface area contributed by atoms with Crippen molar-refractivity contribution in [2.75, 3.05) is 32.7 Å². The number of hydrogen-bond acceptors (Lipinski definition) is 4. The zero-order chi connectivity index (χ0) is 13.8. The largest absolute Gasteiger partial charge is 0.497 e. The summed E-state index contributed by atoms with van der Waals surface area (Å²) in [5, 5.41) is 9.07. The van der Waals surface area contributed by atoms with Crippen LogP contribution in [0, 0.1) is 16.7 Å². The maximum atomic E-state index is 9.07. The third kappa shape index (κ3) is 3.30. The molecule has 1 aromatic rings. The Balaban J connectivity index is 2.99. The van der Waals surface area contributed by atoms with Gasteiger partial charge < -0.3 is 14.4 Å². The molecule has 0 saturated carbocycles. The Bertz CT molecular complexity index is 450. The van der Waals surface area contributed by atoms with E-state index in [0.717, 1.165) is 17.2 Å². The number of rotatable bonds is 5. The van der Waals surface area contributed by atoms with Gasteiger partial charge in [-0.3, -0.25) is 0 Å². The molecule has 1 rings (SSSR count). The molecule has 4 nitrogen and oxygen atoms in total. The highest BCUT2D eigenvalue weighted by atomic mass is 16.5. The molecule has 0 fully saturated rings. The van der Waals surface area contributed by atoms with Crippen LogP contribution in [0.5, 0.6) is 11.5 Å². The van der Waals surface area contributed by atoms with Crippen LogP contribution in [-0.4, -0.2) is 27.8 Å². The van der Waals surface area contributed by atoms with Crippen LogP contribution in [0.15, 0.2) is 18.2 Å². The molecule has 0 spiro atoms. The Morgan fingerprint density at radius 3 is 2.44 bits per heavy atom. The summed E-state index contributed by atoms with van der Waals surface area (Å²) in [6, 6.07) is 7.95. The predicted molar refractivity (Wildman–Crippen MR) is 72.2 cm³/mol. The highest BCUT2D eigenvalue weighted by Gasteiger charge is 2.21. The van der Waals surface area contributed by atoms with Crippen LogP contribution in [0.4, 0.5) is 5.69 Å². The van der Waals surface area contributed by atoms with E-state index in [-0.39, 0.29) is 0 Å². The van der Waals surface area contributed by atoms with Gasteiger partial charge in [-0.2, -0.15) is 5.26 Å². The van der Waals surface area contributed by atoms with Gasteiger partial charge in [-0.05, 0) is 26.0 Å². The highest BCUT2D eigenvalue weighted by molar-refractivity contribution is 5.60. The van der Waals surface area contributed by atoms with Crippen molar-refractivity contribution in [2.45, 2.75) is 13.8 Å². The summed E-state index contributed by atoms with van der Waals surface area (Å²) < 4.78 is 10.5. The third-order valence-corrected chi connectivity index (χ3v) is 2.73. The number of nitrogens with zero attached hydrogens (tertiary/aromatic N) is 2. The second-order valence-electron chi connectivity index (χ2n) is 4.89. The molecule has 18 heavy (non-hydrogen) atoms. The SMILES string of the molecule is COc1ccc(N(C)CC(C)(C)C#N)c(OC)c1. The second-order valence-corrected chi connectivity index (χ2v) is 4.89. The Kier molecular flexibility index (Phi) is 4.43. The fraction of sp³-hybridized carbons (Fsp3) is 0.500. The molecule has 0 saturated heterocycles. The molecular weight excluding hydrogens is 228 g/mol. The fourth-order valence-electron chi connectivity index (χ4n) is 1.81. The average molecular weight is 248 g/mol. The van der Waals surface area contributed by atoms with Gasteiger partial charge in [0.15, 0.2) is 0 Å². The molecule has 0 radical (unpaired) electrons. The van der Waals surface area contributed by atoms with E-state index < -0.39 is 5.41 Å². The molecule has 98 valence electrons. The van der Waals surface area contributed by atoms with Crippen LogP contribution in [-0.2, 0) is 0 Å². The monoisotopic (exact) mass is 248 g/mol. The third-order valence-electron chi connectivity index (χ3n) is 2.73. The number of anilines is 1. The molecule has 0 bridgehead atoms. The van der Waals surface area contributed by atoms with Gasteiger partial charge in [-0.1, -0.05) is 0 Å². The molecule has 0 aromatic heterocycles. The molecule has 0 atom stereocenters. The minimum Gasteiger partial charge on any atom is -0.497 e. The zero-order valence-electron chi connectivity index (χ0n) is 11.7. The fourth-order valence-corrected chi connectivity index (χ4v) is 1.81. The molecular formula is C14H20N2O2. The Morgan fingerprint density at radius 1 is 1.28 bits per heavy atom. The lowest BCUT2D eigenvalue weighted by atomic mass is 9.95. The summed E-state index contributed by atoms with van der Waals surface area (Å²) in [7, 11) is 5.20. The maximum absolute atomic E-state index is 9.07. The van der Waals surface area contributed by atoms with E-state index in [0.29, 0.717) is 6.54 Å². The van der Waals surface area contributed by atoms with Crippen LogP contribution in [0.1, 0.15) is 13.8 Å². The first-order valence-corrected chi connectivity index (χ1v) is 5.78. The maximum Gasteiger partial charge on any atom is 0.145 e. The lowest BCUT2D eigenvalue weighted by Gasteiger charge is -2.27. The summed E-state index contributed by atoms with van der Waals surface area (Å²) in [6.45, 7) is 4.46. The number of ether oxygens (including phenoxy) is 2. The van der Waals surface area contributed by atoms with Crippen molar-refractivity contribution < 1.29 is 9.47 Å². The summed E-state index contributed by atoms with van der Waals surface area (Å²) in [6.07, 6.45) is 0. The van der Waals surface area contributed by atoms with Crippen LogP contribution in [0.2, 0.25) is 0 Å². The molecule has 4 heteroatoms. The van der Waals surface area contributed by atoms with Crippen molar-refractivity contribution in [1.82, 2.24) is 0 Å². The molecule has 0 amide bonds. The normalized spacial score (nSPS) is 10.7. The van der Waals surface area contributed by atoms with Crippen LogP contribution in [0.3, 0.4) is 0 Å². The molecule has 0 heterocycles. The van der Waals surface area contributed by atoms with Crippen LogP contribution in [0.25, 0.3) is 0 Å². The van der Waals surface area contributed by atoms with Gasteiger partial charge in [0.25, 0.3) is 0 Å². The van der Waals surface area contributed by atoms with Crippen molar-refractivity contribution >= 4 is 5.69 Å². The van der Waals surface area contributed by atoms with Gasteiger partial charge in [-0.15, -0.1) is 0 Å². The van der Waals surface area contributed by atoms with E-state index in [4.69, 9.17) is 14.7 Å². The number of hydrogen-bond donors (Lipinski definition) is 0. The minimum atomic E-state index is -0.403. The summed E-state index contributed by atoms with van der Waals surface area (Å²) >= 11 is 0. The van der Waals surface area contributed by atoms with Crippen molar-refractivity contribution in [3.8, 4) is 17.6 Å². The summed E-state index contributed by atoms with van der Waals surface area (Å²) in [5.41, 5.74) is 0.543. The van der Waals surface area contributed by atoms with Gasteiger partial charge in [0.1, 0.15) is 11.5 Å². The van der Waals surface area contributed by atoms with Gasteiger partial charge >= 0.3 is 0 Å². The van der Waals surface area contributed by atoms with E-state index in [9.17, 15) is 0 Å². The summed E-state index contributed by atoms with van der Waals surface area (Å²) in [4.78, 5) is 2.02.